The van der Waals surface area contributed by atoms with Crippen molar-refractivity contribution in [1.82, 2.24) is 0 Å². The first-order valence-corrected chi connectivity index (χ1v) is 6.76. The van der Waals surface area contributed by atoms with Crippen LogP contribution in [0.1, 0.15) is 15.9 Å². The third-order valence-electron chi connectivity index (χ3n) is 2.39. The zero-order valence-corrected chi connectivity index (χ0v) is 11.2. The van der Waals surface area contributed by atoms with E-state index in [1.807, 2.05) is 0 Å². The normalized spacial score (nSPS) is 11.3. The van der Waals surface area contributed by atoms with Crippen molar-refractivity contribution in [1.29, 1.82) is 0 Å². The average molecular weight is 276 g/mol. The molecule has 0 saturated heterocycles. The molecular weight excluding hydrogens is 262 g/mol. The number of methoxy groups -OCH3 is 1. The SMILES string of the molecule is COC(=O)c1ccc(CP(=O)(OC)OC)c(F)c1. The van der Waals surface area contributed by atoms with Gasteiger partial charge in [-0.2, -0.15) is 0 Å². The number of hydrogen-bond donors (Lipinski definition) is 0. The second-order valence-corrected chi connectivity index (χ2v) is 5.70. The van der Waals surface area contributed by atoms with Gasteiger partial charge in [-0.05, 0) is 17.7 Å². The summed E-state index contributed by atoms with van der Waals surface area (Å²) in [6.45, 7) is 0. The Morgan fingerprint density at radius 1 is 1.28 bits per heavy atom. The van der Waals surface area contributed by atoms with Gasteiger partial charge in [-0.3, -0.25) is 4.57 Å². The van der Waals surface area contributed by atoms with Gasteiger partial charge >= 0.3 is 13.6 Å². The van der Waals surface area contributed by atoms with Gasteiger partial charge < -0.3 is 13.8 Å². The largest absolute Gasteiger partial charge is 0.465 e. The highest BCUT2D eigenvalue weighted by Gasteiger charge is 2.24. The lowest BCUT2D eigenvalue weighted by molar-refractivity contribution is 0.0600. The Balaban J connectivity index is 3.00. The second kappa shape index (κ2) is 6.09. The fraction of sp³-hybridized carbons (Fsp3) is 0.364. The lowest BCUT2D eigenvalue weighted by Crippen LogP contribution is -2.03. The van der Waals surface area contributed by atoms with Crippen molar-refractivity contribution in [2.75, 3.05) is 21.3 Å². The molecule has 0 heterocycles. The number of rotatable bonds is 5. The van der Waals surface area contributed by atoms with E-state index in [0.29, 0.717) is 0 Å². The van der Waals surface area contributed by atoms with E-state index < -0.39 is 19.4 Å². The lowest BCUT2D eigenvalue weighted by Gasteiger charge is -2.14. The molecule has 0 atom stereocenters. The van der Waals surface area contributed by atoms with E-state index in [1.54, 1.807) is 0 Å². The summed E-state index contributed by atoms with van der Waals surface area (Å²) in [5.41, 5.74) is 0.234. The average Bonchev–Trinajstić information content (AvgIpc) is 2.40. The van der Waals surface area contributed by atoms with E-state index in [4.69, 9.17) is 9.05 Å². The number of ether oxygens (including phenoxy) is 1. The quantitative estimate of drug-likeness (QED) is 0.611. The first-order valence-electron chi connectivity index (χ1n) is 5.03. The van der Waals surface area contributed by atoms with Gasteiger partial charge in [0.15, 0.2) is 0 Å². The Labute approximate surface area is 104 Å². The molecule has 0 fully saturated rings. The fourth-order valence-corrected chi connectivity index (χ4v) is 2.41. The van der Waals surface area contributed by atoms with Crippen molar-refractivity contribution in [2.24, 2.45) is 0 Å². The predicted octanol–water partition coefficient (Wildman–Crippen LogP) is 2.60. The zero-order valence-electron chi connectivity index (χ0n) is 10.3. The highest BCUT2D eigenvalue weighted by molar-refractivity contribution is 7.52. The van der Waals surface area contributed by atoms with Crippen LogP contribution in [0.2, 0.25) is 0 Å². The number of esters is 1. The minimum atomic E-state index is -3.33. The van der Waals surface area contributed by atoms with Crippen LogP contribution in [0.5, 0.6) is 0 Å². The number of carbonyl (C=O) groups excluding carboxylic acids is 1. The first kappa shape index (κ1) is 14.8. The van der Waals surface area contributed by atoms with Gasteiger partial charge in [0.05, 0.1) is 18.8 Å². The minimum absolute atomic E-state index is 0.0865. The monoisotopic (exact) mass is 276 g/mol. The predicted molar refractivity (Wildman–Crippen MR) is 63.1 cm³/mol. The van der Waals surface area contributed by atoms with Crippen molar-refractivity contribution < 1.29 is 27.5 Å². The van der Waals surface area contributed by atoms with Gasteiger partial charge in [0.25, 0.3) is 0 Å². The summed E-state index contributed by atoms with van der Waals surface area (Å²) >= 11 is 0. The summed E-state index contributed by atoms with van der Waals surface area (Å²) in [7, 11) is 0.329. The molecule has 0 aliphatic rings. The van der Waals surface area contributed by atoms with Crippen LogP contribution in [0.4, 0.5) is 4.39 Å². The molecule has 7 heteroatoms. The summed E-state index contributed by atoms with van der Waals surface area (Å²) in [5, 5.41) is 0. The van der Waals surface area contributed by atoms with Crippen LogP contribution >= 0.6 is 7.60 Å². The molecule has 0 bridgehead atoms. The van der Waals surface area contributed by atoms with Crippen LogP contribution in [0.3, 0.4) is 0 Å². The molecule has 1 rings (SSSR count). The van der Waals surface area contributed by atoms with Crippen LogP contribution in [-0.4, -0.2) is 27.3 Å². The topological polar surface area (TPSA) is 61.8 Å². The molecule has 5 nitrogen and oxygen atoms in total. The maximum absolute atomic E-state index is 13.7. The van der Waals surface area contributed by atoms with E-state index >= 15 is 0 Å². The maximum Gasteiger partial charge on any atom is 0.337 e. The van der Waals surface area contributed by atoms with Crippen molar-refractivity contribution in [3.8, 4) is 0 Å². The lowest BCUT2D eigenvalue weighted by atomic mass is 10.1. The fourth-order valence-electron chi connectivity index (χ4n) is 1.33. The zero-order chi connectivity index (χ0) is 13.8. The molecule has 0 spiro atoms. The van der Waals surface area contributed by atoms with E-state index in [0.717, 1.165) is 6.07 Å². The molecule has 0 aliphatic heterocycles. The molecule has 1 aromatic carbocycles. The van der Waals surface area contributed by atoms with Crippen LogP contribution in [-0.2, 0) is 24.5 Å². The van der Waals surface area contributed by atoms with Gasteiger partial charge in [0, 0.05) is 14.2 Å². The molecule has 18 heavy (non-hydrogen) atoms. The van der Waals surface area contributed by atoms with Crippen molar-refractivity contribution in [3.63, 3.8) is 0 Å². The molecular formula is C11H14FO5P. The van der Waals surface area contributed by atoms with E-state index in [-0.39, 0.29) is 17.3 Å². The third-order valence-corrected chi connectivity index (χ3v) is 4.24. The Bertz CT molecular complexity index is 480. The third kappa shape index (κ3) is 3.38. The van der Waals surface area contributed by atoms with Crippen molar-refractivity contribution >= 4 is 13.6 Å². The van der Waals surface area contributed by atoms with Gasteiger partial charge in [-0.1, -0.05) is 6.07 Å². The number of benzene rings is 1. The summed E-state index contributed by atoms with van der Waals surface area (Å²) < 4.78 is 39.5. The summed E-state index contributed by atoms with van der Waals surface area (Å²) in [5.74, 6) is -1.30. The van der Waals surface area contributed by atoms with Gasteiger partial charge in [-0.15, -0.1) is 0 Å². The number of halogens is 1. The molecule has 100 valence electrons. The van der Waals surface area contributed by atoms with E-state index in [2.05, 4.69) is 4.74 Å². The Hall–Kier alpha value is -1.23. The number of hydrogen-bond acceptors (Lipinski definition) is 5. The van der Waals surface area contributed by atoms with Crippen molar-refractivity contribution in [3.05, 3.63) is 35.1 Å². The Kier molecular flexibility index (Phi) is 5.02. The minimum Gasteiger partial charge on any atom is -0.465 e. The van der Waals surface area contributed by atoms with Gasteiger partial charge in [0.2, 0.25) is 0 Å². The molecule has 0 radical (unpaired) electrons. The van der Waals surface area contributed by atoms with E-state index in [1.165, 1.54) is 33.5 Å². The van der Waals surface area contributed by atoms with Crippen molar-refractivity contribution in [2.45, 2.75) is 6.16 Å². The molecule has 0 amide bonds. The van der Waals surface area contributed by atoms with Gasteiger partial charge in [-0.25, -0.2) is 9.18 Å². The molecule has 0 unspecified atom stereocenters. The molecule has 0 aliphatic carbocycles. The maximum atomic E-state index is 13.7. The second-order valence-electron chi connectivity index (χ2n) is 3.43. The van der Waals surface area contributed by atoms with Crippen LogP contribution in [0, 0.1) is 5.82 Å². The standard InChI is InChI=1S/C11H14FO5P/c1-15-11(13)8-4-5-9(10(12)6-8)7-18(14,16-2)17-3/h4-6H,7H2,1-3H3. The van der Waals surface area contributed by atoms with Crippen LogP contribution in [0.15, 0.2) is 18.2 Å². The number of carbonyl (C=O) groups is 1. The molecule has 0 aromatic heterocycles. The summed E-state index contributed by atoms with van der Waals surface area (Å²) in [6, 6.07) is 3.77. The van der Waals surface area contributed by atoms with E-state index in [9.17, 15) is 13.8 Å². The molecule has 0 saturated carbocycles. The first-order chi connectivity index (χ1) is 8.45. The smallest absolute Gasteiger partial charge is 0.337 e. The highest BCUT2D eigenvalue weighted by atomic mass is 31.2. The molecule has 1 aromatic rings. The summed E-state index contributed by atoms with van der Waals surface area (Å²) in [4.78, 5) is 11.2. The Morgan fingerprint density at radius 2 is 1.89 bits per heavy atom. The molecule has 0 N–H and O–H groups in total. The Morgan fingerprint density at radius 3 is 2.33 bits per heavy atom. The highest BCUT2D eigenvalue weighted by Crippen LogP contribution is 2.50. The van der Waals surface area contributed by atoms with Gasteiger partial charge in [0.1, 0.15) is 5.82 Å². The van der Waals surface area contributed by atoms with Crippen LogP contribution in [0.25, 0.3) is 0 Å². The van der Waals surface area contributed by atoms with Crippen LogP contribution < -0.4 is 0 Å². The summed E-state index contributed by atoms with van der Waals surface area (Å²) in [6.07, 6.45) is -0.201.